The molecule has 1 aliphatic rings. The molecule has 2 heterocycles. The van der Waals surface area contributed by atoms with Crippen LogP contribution in [0.2, 0.25) is 0 Å². The summed E-state index contributed by atoms with van der Waals surface area (Å²) in [4.78, 5) is 31.1. The van der Waals surface area contributed by atoms with Gasteiger partial charge in [-0.05, 0) is 31.3 Å². The number of nitrogens with zero attached hydrogens (tertiary/aromatic N) is 4. The number of hydrogen-bond acceptors (Lipinski definition) is 8. The van der Waals surface area contributed by atoms with Crippen molar-refractivity contribution >= 4 is 39.0 Å². The first-order chi connectivity index (χ1) is 19.5. The van der Waals surface area contributed by atoms with Crippen LogP contribution < -0.4 is 19.5 Å². The molecule has 13 heteroatoms. The summed E-state index contributed by atoms with van der Waals surface area (Å²) in [5, 5.41) is 3.36. The third kappa shape index (κ3) is 6.01. The van der Waals surface area contributed by atoms with E-state index >= 15 is 0 Å². The molecule has 2 aromatic carbocycles. The Hall–Kier alpha value is -4.07. The quantitative estimate of drug-likeness (QED) is 0.378. The van der Waals surface area contributed by atoms with Gasteiger partial charge in [0.1, 0.15) is 5.70 Å². The number of amides is 2. The van der Waals surface area contributed by atoms with Gasteiger partial charge in [0.25, 0.3) is 11.8 Å². The second-order valence-electron chi connectivity index (χ2n) is 9.71. The molecule has 3 aromatic rings. The first-order valence-electron chi connectivity index (χ1n) is 12.9. The van der Waals surface area contributed by atoms with Crippen LogP contribution in [0.3, 0.4) is 0 Å². The van der Waals surface area contributed by atoms with E-state index in [1.165, 1.54) is 59.8 Å². The average Bonchev–Trinajstić information content (AvgIpc) is 3.34. The van der Waals surface area contributed by atoms with Crippen molar-refractivity contribution in [2.75, 3.05) is 68.7 Å². The normalized spacial score (nSPS) is 14.8. The topological polar surface area (TPSA) is 123 Å². The molecule has 4 rings (SSSR count). The molecule has 1 aromatic heterocycles. The molecular weight excluding hydrogens is 550 g/mol. The number of rotatable bonds is 9. The predicted octanol–water partition coefficient (Wildman–Crippen LogP) is 1.87. The van der Waals surface area contributed by atoms with Gasteiger partial charge in [0.05, 0.1) is 26.8 Å². The Balaban J connectivity index is 1.82. The Bertz CT molecular complexity index is 1560. The number of carbonyl (C=O) groups is 2. The molecule has 1 saturated heterocycles. The first kappa shape index (κ1) is 29.9. The number of nitrogens with one attached hydrogen (secondary N) is 1. The summed E-state index contributed by atoms with van der Waals surface area (Å²) in [6, 6.07) is 9.95. The van der Waals surface area contributed by atoms with Gasteiger partial charge in [0, 0.05) is 63.0 Å². The summed E-state index contributed by atoms with van der Waals surface area (Å²) in [6.45, 7) is 2.31. The first-order valence-corrected chi connectivity index (χ1v) is 14.3. The fourth-order valence-corrected chi connectivity index (χ4v) is 5.56. The second-order valence-corrected chi connectivity index (χ2v) is 11.7. The van der Waals surface area contributed by atoms with Gasteiger partial charge >= 0.3 is 10.2 Å². The number of para-hydroxylation sites is 1. The minimum atomic E-state index is -3.86. The zero-order valence-electron chi connectivity index (χ0n) is 24.0. The molecule has 12 nitrogen and oxygen atoms in total. The maximum absolute atomic E-state index is 13.8. The third-order valence-electron chi connectivity index (χ3n) is 6.91. The molecule has 1 fully saturated rings. The van der Waals surface area contributed by atoms with Crippen LogP contribution in [0.25, 0.3) is 17.0 Å². The lowest BCUT2D eigenvalue weighted by Crippen LogP contribution is -2.49. The van der Waals surface area contributed by atoms with Crippen molar-refractivity contribution in [2.45, 2.75) is 0 Å². The van der Waals surface area contributed by atoms with E-state index in [0.29, 0.717) is 48.4 Å². The number of piperazine rings is 1. The maximum atomic E-state index is 13.8. The minimum absolute atomic E-state index is 0.00143. The van der Waals surface area contributed by atoms with Crippen LogP contribution in [-0.2, 0) is 15.0 Å². The number of likely N-dealkylation sites (N-methyl/N-ethyl adjacent to an activating group) is 1. The van der Waals surface area contributed by atoms with Crippen LogP contribution in [-0.4, -0.2) is 107 Å². The summed E-state index contributed by atoms with van der Waals surface area (Å²) in [7, 11) is 5.35. The highest BCUT2D eigenvalue weighted by Gasteiger charge is 2.27. The largest absolute Gasteiger partial charge is 0.493 e. The van der Waals surface area contributed by atoms with Crippen LogP contribution in [0, 0.1) is 0 Å². The van der Waals surface area contributed by atoms with Crippen molar-refractivity contribution in [1.29, 1.82) is 0 Å². The Morgan fingerprint density at radius 2 is 1.56 bits per heavy atom. The predicted molar refractivity (Wildman–Crippen MR) is 156 cm³/mol. The average molecular weight is 586 g/mol. The number of carbonyl (C=O) groups excluding carboxylic acids is 2. The standard InChI is InChI=1S/C28H35N5O7S/c1-30(2)41(36,37)33-18-20(21-9-7-8-10-23(21)33)15-22(28(35)32-13-11-31(3)12-14-32)29-27(34)19-16-24(38-4)26(40-6)25(17-19)39-5/h7-10,15-18H,11-14H2,1-6H3,(H,29,34). The lowest BCUT2D eigenvalue weighted by atomic mass is 10.1. The molecular formula is C28H35N5O7S. The zero-order valence-corrected chi connectivity index (χ0v) is 24.8. The van der Waals surface area contributed by atoms with E-state index in [9.17, 15) is 18.0 Å². The van der Waals surface area contributed by atoms with Crippen molar-refractivity contribution in [2.24, 2.45) is 0 Å². The SMILES string of the molecule is COc1cc(C(=O)NC(=Cc2cn(S(=O)(=O)N(C)C)c3ccccc23)C(=O)N2CCN(C)CC2)cc(OC)c1OC. The minimum Gasteiger partial charge on any atom is -0.493 e. The van der Waals surface area contributed by atoms with Gasteiger partial charge in [0.15, 0.2) is 11.5 Å². The van der Waals surface area contributed by atoms with Crippen LogP contribution in [0.15, 0.2) is 48.3 Å². The van der Waals surface area contributed by atoms with E-state index in [2.05, 4.69) is 10.2 Å². The van der Waals surface area contributed by atoms with Gasteiger partial charge in [-0.3, -0.25) is 9.59 Å². The lowest BCUT2D eigenvalue weighted by Gasteiger charge is -2.33. The van der Waals surface area contributed by atoms with Crippen molar-refractivity contribution in [3.05, 3.63) is 59.4 Å². The molecule has 1 N–H and O–H groups in total. The fourth-order valence-electron chi connectivity index (χ4n) is 4.55. The Morgan fingerprint density at radius 1 is 0.951 bits per heavy atom. The van der Waals surface area contributed by atoms with Crippen LogP contribution >= 0.6 is 0 Å². The van der Waals surface area contributed by atoms with Gasteiger partial charge in [-0.2, -0.15) is 12.7 Å². The van der Waals surface area contributed by atoms with Gasteiger partial charge in [-0.15, -0.1) is 0 Å². The van der Waals surface area contributed by atoms with E-state index in [1.54, 1.807) is 29.2 Å². The van der Waals surface area contributed by atoms with Crippen molar-refractivity contribution in [1.82, 2.24) is 23.4 Å². The molecule has 0 unspecified atom stereocenters. The van der Waals surface area contributed by atoms with Crippen molar-refractivity contribution in [3.8, 4) is 17.2 Å². The van der Waals surface area contributed by atoms with Crippen molar-refractivity contribution in [3.63, 3.8) is 0 Å². The maximum Gasteiger partial charge on any atom is 0.307 e. The lowest BCUT2D eigenvalue weighted by molar-refractivity contribution is -0.128. The molecule has 220 valence electrons. The molecule has 2 amide bonds. The summed E-state index contributed by atoms with van der Waals surface area (Å²) in [5.74, 6) is -0.0747. The molecule has 41 heavy (non-hydrogen) atoms. The van der Waals surface area contributed by atoms with Crippen LogP contribution in [0.5, 0.6) is 17.2 Å². The summed E-state index contributed by atoms with van der Waals surface area (Å²) >= 11 is 0. The summed E-state index contributed by atoms with van der Waals surface area (Å²) in [5.41, 5.74) is 1.07. The highest BCUT2D eigenvalue weighted by molar-refractivity contribution is 7.87. The monoisotopic (exact) mass is 585 g/mol. The van der Waals surface area contributed by atoms with E-state index < -0.39 is 16.1 Å². The van der Waals surface area contributed by atoms with Gasteiger partial charge in [-0.25, -0.2) is 3.97 Å². The van der Waals surface area contributed by atoms with Crippen LogP contribution in [0.1, 0.15) is 15.9 Å². The summed E-state index contributed by atoms with van der Waals surface area (Å²) < 4.78 is 44.5. The highest BCUT2D eigenvalue weighted by Crippen LogP contribution is 2.38. The molecule has 0 aliphatic carbocycles. The number of benzene rings is 2. The van der Waals surface area contributed by atoms with Crippen LogP contribution in [0.4, 0.5) is 0 Å². The molecule has 1 aliphatic heterocycles. The van der Waals surface area contributed by atoms with Crippen molar-refractivity contribution < 1.29 is 32.2 Å². The number of hydrogen-bond donors (Lipinski definition) is 1. The smallest absolute Gasteiger partial charge is 0.307 e. The zero-order chi connectivity index (χ0) is 29.9. The highest BCUT2D eigenvalue weighted by atomic mass is 32.2. The fraction of sp³-hybridized carbons (Fsp3) is 0.357. The van der Waals surface area contributed by atoms with Gasteiger partial charge in [0.2, 0.25) is 5.75 Å². The van der Waals surface area contributed by atoms with E-state index in [1.807, 2.05) is 7.05 Å². The second kappa shape index (κ2) is 12.2. The number of methoxy groups -OCH3 is 3. The Morgan fingerprint density at radius 3 is 2.12 bits per heavy atom. The molecule has 0 spiro atoms. The molecule has 0 atom stereocenters. The number of aromatic nitrogens is 1. The molecule has 0 bridgehead atoms. The van der Waals surface area contributed by atoms with E-state index in [-0.39, 0.29) is 28.7 Å². The third-order valence-corrected chi connectivity index (χ3v) is 8.64. The molecule has 0 saturated carbocycles. The summed E-state index contributed by atoms with van der Waals surface area (Å²) in [6.07, 6.45) is 2.96. The number of fused-ring (bicyclic) bond motifs is 1. The van der Waals surface area contributed by atoms with Gasteiger partial charge < -0.3 is 29.3 Å². The van der Waals surface area contributed by atoms with Gasteiger partial charge in [-0.1, -0.05) is 18.2 Å². The molecule has 0 radical (unpaired) electrons. The van der Waals surface area contributed by atoms with E-state index in [4.69, 9.17) is 14.2 Å². The number of ether oxygens (including phenoxy) is 3. The van der Waals surface area contributed by atoms with E-state index in [0.717, 1.165) is 8.28 Å². The Kier molecular flexibility index (Phi) is 8.90. The Labute approximate surface area is 239 Å².